The van der Waals surface area contributed by atoms with E-state index in [0.29, 0.717) is 16.3 Å². The van der Waals surface area contributed by atoms with Gasteiger partial charge in [-0.25, -0.2) is 8.42 Å². The number of nitrogens with one attached hydrogen (secondary N) is 1. The van der Waals surface area contributed by atoms with Crippen LogP contribution in [0.1, 0.15) is 38.3 Å². The van der Waals surface area contributed by atoms with Crippen LogP contribution in [-0.4, -0.2) is 50.0 Å². The molecule has 2 rings (SSSR count). The van der Waals surface area contributed by atoms with E-state index < -0.39 is 28.5 Å². The van der Waals surface area contributed by atoms with Crippen LogP contribution in [0.3, 0.4) is 0 Å². The van der Waals surface area contributed by atoms with Gasteiger partial charge in [0.05, 0.1) is 11.9 Å². The van der Waals surface area contributed by atoms with Crippen LogP contribution in [0.5, 0.6) is 0 Å². The zero-order chi connectivity index (χ0) is 24.8. The third-order valence-corrected chi connectivity index (χ3v) is 6.83. The summed E-state index contributed by atoms with van der Waals surface area (Å²) in [7, 11) is -3.78. The molecule has 33 heavy (non-hydrogen) atoms. The Hall–Kier alpha value is -2.58. The van der Waals surface area contributed by atoms with Gasteiger partial charge in [0, 0.05) is 17.6 Å². The minimum atomic E-state index is -3.78. The first-order chi connectivity index (χ1) is 15.4. The Labute approximate surface area is 201 Å². The lowest BCUT2D eigenvalue weighted by atomic mass is 10.1. The minimum absolute atomic E-state index is 0.0436. The summed E-state index contributed by atoms with van der Waals surface area (Å²) in [6, 6.07) is 13.2. The molecule has 0 bridgehead atoms. The summed E-state index contributed by atoms with van der Waals surface area (Å²) < 4.78 is 26.3. The summed E-state index contributed by atoms with van der Waals surface area (Å²) in [5, 5.41) is 3.37. The van der Waals surface area contributed by atoms with Crippen molar-refractivity contribution >= 4 is 39.1 Å². The standard InChI is InChI=1S/C24H32ClN3O4S/c1-6-18(3)26-24(30)19(4)27(15-20-10-8-7-9-11-20)23(29)16-28(33(5,31)32)22-13-12-21(25)14-17(22)2/h7-14,18-19H,6,15-16H2,1-5H3,(H,26,30). The molecule has 2 aromatic rings. The number of sulfonamides is 1. The first kappa shape index (κ1) is 26.7. The van der Waals surface area contributed by atoms with Crippen molar-refractivity contribution in [3.8, 4) is 0 Å². The number of anilines is 1. The Kier molecular flexibility index (Phi) is 9.31. The van der Waals surface area contributed by atoms with Crippen LogP contribution in [0.2, 0.25) is 5.02 Å². The van der Waals surface area contributed by atoms with Crippen LogP contribution in [0.4, 0.5) is 5.69 Å². The lowest BCUT2D eigenvalue weighted by Crippen LogP contribution is -2.52. The number of halogens is 1. The second kappa shape index (κ2) is 11.5. The maximum atomic E-state index is 13.5. The van der Waals surface area contributed by atoms with Gasteiger partial charge >= 0.3 is 0 Å². The van der Waals surface area contributed by atoms with Gasteiger partial charge in [-0.2, -0.15) is 0 Å². The summed E-state index contributed by atoms with van der Waals surface area (Å²) in [6.07, 6.45) is 1.80. The molecule has 2 unspecified atom stereocenters. The molecule has 7 nitrogen and oxygen atoms in total. The monoisotopic (exact) mass is 493 g/mol. The lowest BCUT2D eigenvalue weighted by Gasteiger charge is -2.32. The van der Waals surface area contributed by atoms with Crippen molar-refractivity contribution in [2.45, 2.75) is 52.7 Å². The maximum absolute atomic E-state index is 13.5. The number of rotatable bonds is 10. The first-order valence-electron chi connectivity index (χ1n) is 10.8. The second-order valence-corrected chi connectivity index (χ2v) is 10.5. The van der Waals surface area contributed by atoms with Gasteiger partial charge in [-0.3, -0.25) is 13.9 Å². The molecule has 0 spiro atoms. The molecule has 2 aromatic carbocycles. The molecule has 0 saturated carbocycles. The fraction of sp³-hybridized carbons (Fsp3) is 0.417. The molecule has 1 N–H and O–H groups in total. The molecule has 0 radical (unpaired) electrons. The Morgan fingerprint density at radius 3 is 2.27 bits per heavy atom. The van der Waals surface area contributed by atoms with E-state index in [-0.39, 0.29) is 18.5 Å². The van der Waals surface area contributed by atoms with Gasteiger partial charge in [-0.1, -0.05) is 48.9 Å². The Morgan fingerprint density at radius 2 is 1.73 bits per heavy atom. The molecular formula is C24H32ClN3O4S. The van der Waals surface area contributed by atoms with E-state index >= 15 is 0 Å². The summed E-state index contributed by atoms with van der Waals surface area (Å²) in [5.41, 5.74) is 1.83. The van der Waals surface area contributed by atoms with Gasteiger partial charge in [-0.05, 0) is 56.5 Å². The highest BCUT2D eigenvalue weighted by Gasteiger charge is 2.30. The largest absolute Gasteiger partial charge is 0.352 e. The summed E-state index contributed by atoms with van der Waals surface area (Å²) in [4.78, 5) is 27.7. The van der Waals surface area contributed by atoms with Crippen LogP contribution in [-0.2, 0) is 26.2 Å². The Morgan fingerprint density at radius 1 is 1.09 bits per heavy atom. The highest BCUT2D eigenvalue weighted by atomic mass is 35.5. The van der Waals surface area contributed by atoms with Crippen LogP contribution in [0.15, 0.2) is 48.5 Å². The summed E-state index contributed by atoms with van der Waals surface area (Å²) in [6.45, 7) is 6.97. The van der Waals surface area contributed by atoms with Crippen molar-refractivity contribution in [1.82, 2.24) is 10.2 Å². The fourth-order valence-corrected chi connectivity index (χ4v) is 4.46. The summed E-state index contributed by atoms with van der Waals surface area (Å²) in [5.74, 6) is -0.771. The number of hydrogen-bond acceptors (Lipinski definition) is 4. The zero-order valence-electron chi connectivity index (χ0n) is 19.7. The average molecular weight is 494 g/mol. The van der Waals surface area contributed by atoms with E-state index in [1.807, 2.05) is 44.2 Å². The molecule has 0 heterocycles. The first-order valence-corrected chi connectivity index (χ1v) is 13.0. The number of carbonyl (C=O) groups excluding carboxylic acids is 2. The summed E-state index contributed by atoms with van der Waals surface area (Å²) >= 11 is 6.02. The zero-order valence-corrected chi connectivity index (χ0v) is 21.3. The van der Waals surface area contributed by atoms with E-state index in [2.05, 4.69) is 5.32 Å². The molecule has 0 aliphatic heterocycles. The van der Waals surface area contributed by atoms with E-state index in [4.69, 9.17) is 11.6 Å². The molecule has 0 aromatic heterocycles. The number of amides is 2. The van der Waals surface area contributed by atoms with Crippen LogP contribution in [0.25, 0.3) is 0 Å². The Balaban J connectivity index is 2.39. The molecule has 0 fully saturated rings. The fourth-order valence-electron chi connectivity index (χ4n) is 3.32. The van der Waals surface area contributed by atoms with Crippen molar-refractivity contribution in [3.63, 3.8) is 0 Å². The molecule has 0 aliphatic rings. The number of carbonyl (C=O) groups is 2. The molecule has 2 atom stereocenters. The highest BCUT2D eigenvalue weighted by molar-refractivity contribution is 7.92. The number of hydrogen-bond donors (Lipinski definition) is 1. The predicted molar refractivity (Wildman–Crippen MR) is 133 cm³/mol. The lowest BCUT2D eigenvalue weighted by molar-refractivity contribution is -0.139. The SMILES string of the molecule is CCC(C)NC(=O)C(C)N(Cc1ccccc1)C(=O)CN(c1ccc(Cl)cc1C)S(C)(=O)=O. The quantitative estimate of drug-likeness (QED) is 0.546. The number of benzene rings is 2. The third kappa shape index (κ3) is 7.47. The van der Waals surface area contributed by atoms with Crippen molar-refractivity contribution in [2.24, 2.45) is 0 Å². The topological polar surface area (TPSA) is 86.8 Å². The number of nitrogens with zero attached hydrogens (tertiary/aromatic N) is 2. The third-order valence-electron chi connectivity index (χ3n) is 5.47. The average Bonchev–Trinajstić information content (AvgIpc) is 2.75. The molecule has 0 aliphatic carbocycles. The van der Waals surface area contributed by atoms with Crippen LogP contribution in [0, 0.1) is 6.92 Å². The van der Waals surface area contributed by atoms with Gasteiger partial charge in [0.25, 0.3) is 0 Å². The van der Waals surface area contributed by atoms with Gasteiger partial charge < -0.3 is 10.2 Å². The van der Waals surface area contributed by atoms with Gasteiger partial charge in [-0.15, -0.1) is 0 Å². The van der Waals surface area contributed by atoms with E-state index in [0.717, 1.165) is 22.5 Å². The van der Waals surface area contributed by atoms with E-state index in [1.165, 1.54) is 4.90 Å². The predicted octanol–water partition coefficient (Wildman–Crippen LogP) is 3.75. The molecule has 0 saturated heterocycles. The normalized spacial score (nSPS) is 13.2. The smallest absolute Gasteiger partial charge is 0.244 e. The van der Waals surface area contributed by atoms with Gasteiger partial charge in [0.1, 0.15) is 12.6 Å². The minimum Gasteiger partial charge on any atom is -0.352 e. The Bertz CT molecular complexity index is 1080. The van der Waals surface area contributed by atoms with Gasteiger partial charge in [0.2, 0.25) is 21.8 Å². The van der Waals surface area contributed by atoms with Crippen molar-refractivity contribution in [1.29, 1.82) is 0 Å². The number of aryl methyl sites for hydroxylation is 1. The van der Waals surface area contributed by atoms with Crippen LogP contribution >= 0.6 is 11.6 Å². The van der Waals surface area contributed by atoms with Gasteiger partial charge in [0.15, 0.2) is 0 Å². The van der Waals surface area contributed by atoms with Crippen molar-refractivity contribution < 1.29 is 18.0 Å². The van der Waals surface area contributed by atoms with Crippen molar-refractivity contribution in [2.75, 3.05) is 17.1 Å². The van der Waals surface area contributed by atoms with E-state index in [9.17, 15) is 18.0 Å². The molecule has 180 valence electrons. The molecule has 2 amide bonds. The van der Waals surface area contributed by atoms with Crippen molar-refractivity contribution in [3.05, 3.63) is 64.7 Å². The second-order valence-electron chi connectivity index (χ2n) is 8.20. The molecule has 9 heteroatoms. The van der Waals surface area contributed by atoms with Crippen LogP contribution < -0.4 is 9.62 Å². The van der Waals surface area contributed by atoms with E-state index in [1.54, 1.807) is 32.0 Å². The molecular weight excluding hydrogens is 462 g/mol. The maximum Gasteiger partial charge on any atom is 0.244 e. The highest BCUT2D eigenvalue weighted by Crippen LogP contribution is 2.26.